The van der Waals surface area contributed by atoms with Gasteiger partial charge in [0.1, 0.15) is 5.78 Å². The van der Waals surface area contributed by atoms with Gasteiger partial charge in [0.15, 0.2) is 6.10 Å². The summed E-state index contributed by atoms with van der Waals surface area (Å²) in [5, 5.41) is 18.3. The van der Waals surface area contributed by atoms with E-state index in [2.05, 4.69) is 15.9 Å². The molecule has 0 aliphatic heterocycles. The minimum absolute atomic E-state index is 0.0617. The second-order valence-corrected chi connectivity index (χ2v) is 4.41. The van der Waals surface area contributed by atoms with Crippen LogP contribution in [0.1, 0.15) is 29.2 Å². The molecule has 1 unspecified atom stereocenters. The van der Waals surface area contributed by atoms with E-state index in [9.17, 15) is 23.5 Å². The van der Waals surface area contributed by atoms with Gasteiger partial charge >= 0.3 is 5.97 Å². The molecule has 0 radical (unpaired) electrons. The van der Waals surface area contributed by atoms with Gasteiger partial charge in [-0.15, -0.1) is 0 Å². The number of rotatable bonds is 6. The van der Waals surface area contributed by atoms with Crippen LogP contribution >= 0.6 is 15.9 Å². The van der Waals surface area contributed by atoms with E-state index in [1.165, 1.54) is 6.07 Å². The Morgan fingerprint density at radius 3 is 2.42 bits per heavy atom. The number of hydrogen-bond acceptors (Lipinski definition) is 3. The van der Waals surface area contributed by atoms with Crippen LogP contribution in [-0.2, 0) is 16.0 Å². The average molecular weight is 337 g/mol. The number of Topliss-reactive ketones (excluding diaryl/α,β-unsaturated/α-hetero) is 1. The molecule has 7 heteroatoms. The van der Waals surface area contributed by atoms with Crippen LogP contribution in [0.15, 0.2) is 18.2 Å². The van der Waals surface area contributed by atoms with Crippen molar-refractivity contribution in [3.63, 3.8) is 0 Å². The number of carbonyl (C=O) groups is 2. The SMILES string of the molecule is O=C(CBr)Cc1ccc(C(F)F)cc1C(O)C(=O)O. The number of aliphatic hydroxyl groups is 1. The fourth-order valence-electron chi connectivity index (χ4n) is 1.56. The average Bonchev–Trinajstić information content (AvgIpc) is 2.37. The maximum atomic E-state index is 12.6. The molecule has 0 spiro atoms. The zero-order chi connectivity index (χ0) is 14.6. The molecular weight excluding hydrogens is 326 g/mol. The molecule has 0 bridgehead atoms. The highest BCUT2D eigenvalue weighted by Gasteiger charge is 2.22. The van der Waals surface area contributed by atoms with Crippen molar-refractivity contribution in [2.75, 3.05) is 5.33 Å². The molecule has 0 aliphatic carbocycles. The zero-order valence-corrected chi connectivity index (χ0v) is 11.2. The van der Waals surface area contributed by atoms with Gasteiger partial charge in [0, 0.05) is 12.0 Å². The number of carboxylic acid groups (broad SMARTS) is 1. The first-order chi connectivity index (χ1) is 8.86. The molecule has 1 atom stereocenters. The minimum atomic E-state index is -2.78. The van der Waals surface area contributed by atoms with Crippen LogP contribution in [0, 0.1) is 0 Å². The highest BCUT2D eigenvalue weighted by Crippen LogP contribution is 2.26. The van der Waals surface area contributed by atoms with Gasteiger partial charge in [-0.3, -0.25) is 4.79 Å². The van der Waals surface area contributed by atoms with E-state index in [1.807, 2.05) is 0 Å². The van der Waals surface area contributed by atoms with Crippen molar-refractivity contribution < 1.29 is 28.6 Å². The van der Waals surface area contributed by atoms with E-state index in [0.717, 1.165) is 12.1 Å². The normalized spacial score (nSPS) is 12.5. The summed E-state index contributed by atoms with van der Waals surface area (Å²) < 4.78 is 25.1. The Morgan fingerprint density at radius 2 is 1.95 bits per heavy atom. The quantitative estimate of drug-likeness (QED) is 0.781. The standard InChI is InChI=1S/C12H11BrF2O4/c13-5-8(16)3-6-1-2-7(11(14)15)4-9(6)10(17)12(18)19/h1-2,4,10-11,17H,3,5H2,(H,18,19). The molecule has 0 fully saturated rings. The van der Waals surface area contributed by atoms with Gasteiger partial charge in [0.25, 0.3) is 6.43 Å². The fourth-order valence-corrected chi connectivity index (χ4v) is 1.76. The molecule has 0 aliphatic rings. The fraction of sp³-hybridized carbons (Fsp3) is 0.333. The zero-order valence-electron chi connectivity index (χ0n) is 9.65. The Balaban J connectivity index is 3.22. The summed E-state index contributed by atoms with van der Waals surface area (Å²) in [7, 11) is 0. The van der Waals surface area contributed by atoms with Gasteiger partial charge in [-0.25, -0.2) is 13.6 Å². The predicted molar refractivity (Wildman–Crippen MR) is 66.5 cm³/mol. The minimum Gasteiger partial charge on any atom is -0.479 e. The van der Waals surface area contributed by atoms with Gasteiger partial charge in [0.05, 0.1) is 5.33 Å². The Hall–Kier alpha value is -1.34. The first-order valence-corrected chi connectivity index (χ1v) is 6.38. The summed E-state index contributed by atoms with van der Waals surface area (Å²) in [6.07, 6.45) is -4.84. The number of hydrogen-bond donors (Lipinski definition) is 2. The van der Waals surface area contributed by atoms with Crippen molar-refractivity contribution in [1.82, 2.24) is 0 Å². The number of benzene rings is 1. The van der Waals surface area contributed by atoms with Gasteiger partial charge in [-0.05, 0) is 17.2 Å². The second-order valence-electron chi connectivity index (χ2n) is 3.85. The van der Waals surface area contributed by atoms with E-state index >= 15 is 0 Å². The van der Waals surface area contributed by atoms with Crippen LogP contribution in [0.5, 0.6) is 0 Å². The molecule has 1 aromatic carbocycles. The molecule has 4 nitrogen and oxygen atoms in total. The summed E-state index contributed by atoms with van der Waals surface area (Å²) in [5.41, 5.74) is -0.353. The molecule has 1 rings (SSSR count). The molecular formula is C12H11BrF2O4. The lowest BCUT2D eigenvalue weighted by Crippen LogP contribution is -2.15. The van der Waals surface area contributed by atoms with Gasteiger partial charge < -0.3 is 10.2 Å². The summed E-state index contributed by atoms with van der Waals surface area (Å²) in [6, 6.07) is 3.27. The summed E-state index contributed by atoms with van der Waals surface area (Å²) in [4.78, 5) is 22.1. The van der Waals surface area contributed by atoms with Crippen LogP contribution in [0.3, 0.4) is 0 Å². The lowest BCUT2D eigenvalue weighted by atomic mass is 9.96. The van der Waals surface area contributed by atoms with E-state index in [4.69, 9.17) is 5.11 Å². The highest BCUT2D eigenvalue weighted by atomic mass is 79.9. The van der Waals surface area contributed by atoms with Crippen molar-refractivity contribution in [1.29, 1.82) is 0 Å². The highest BCUT2D eigenvalue weighted by molar-refractivity contribution is 9.09. The van der Waals surface area contributed by atoms with Crippen molar-refractivity contribution >= 4 is 27.7 Å². The van der Waals surface area contributed by atoms with Crippen LogP contribution in [-0.4, -0.2) is 27.3 Å². The summed E-state index contributed by atoms with van der Waals surface area (Å²) >= 11 is 2.95. The van der Waals surface area contributed by atoms with Crippen molar-refractivity contribution in [2.24, 2.45) is 0 Å². The molecule has 19 heavy (non-hydrogen) atoms. The van der Waals surface area contributed by atoms with E-state index < -0.39 is 24.1 Å². The maximum absolute atomic E-state index is 12.6. The van der Waals surface area contributed by atoms with Crippen LogP contribution < -0.4 is 0 Å². The van der Waals surface area contributed by atoms with E-state index in [-0.39, 0.29) is 28.7 Å². The third kappa shape index (κ3) is 4.07. The smallest absolute Gasteiger partial charge is 0.337 e. The van der Waals surface area contributed by atoms with Crippen molar-refractivity contribution in [3.05, 3.63) is 34.9 Å². The van der Waals surface area contributed by atoms with Crippen molar-refractivity contribution in [2.45, 2.75) is 19.0 Å². The van der Waals surface area contributed by atoms with Crippen LogP contribution in [0.4, 0.5) is 8.78 Å². The molecule has 0 heterocycles. The largest absolute Gasteiger partial charge is 0.479 e. The number of aliphatic hydroxyl groups excluding tert-OH is 1. The van der Waals surface area contributed by atoms with Gasteiger partial charge in [-0.1, -0.05) is 28.1 Å². The van der Waals surface area contributed by atoms with Crippen molar-refractivity contribution in [3.8, 4) is 0 Å². The van der Waals surface area contributed by atoms with Crippen LogP contribution in [0.25, 0.3) is 0 Å². The third-order valence-electron chi connectivity index (χ3n) is 2.49. The molecule has 0 amide bonds. The maximum Gasteiger partial charge on any atom is 0.337 e. The second kappa shape index (κ2) is 6.72. The topological polar surface area (TPSA) is 74.6 Å². The number of alkyl halides is 3. The molecule has 0 saturated heterocycles. The number of halogens is 3. The Labute approximate surface area is 116 Å². The molecule has 2 N–H and O–H groups in total. The van der Waals surface area contributed by atoms with E-state index in [0.29, 0.717) is 0 Å². The molecule has 1 aromatic rings. The van der Waals surface area contributed by atoms with Gasteiger partial charge in [0.2, 0.25) is 0 Å². The molecule has 0 saturated carbocycles. The van der Waals surface area contributed by atoms with E-state index in [1.54, 1.807) is 0 Å². The Kier molecular flexibility index (Phi) is 5.56. The monoisotopic (exact) mass is 336 g/mol. The number of aliphatic carboxylic acids is 1. The Bertz CT molecular complexity index is 491. The first kappa shape index (κ1) is 15.7. The van der Waals surface area contributed by atoms with Gasteiger partial charge in [-0.2, -0.15) is 0 Å². The Morgan fingerprint density at radius 1 is 1.32 bits per heavy atom. The number of carboxylic acids is 1. The summed E-state index contributed by atoms with van der Waals surface area (Å²) in [5.74, 6) is -1.80. The number of carbonyl (C=O) groups excluding carboxylic acids is 1. The summed E-state index contributed by atoms with van der Waals surface area (Å²) in [6.45, 7) is 0. The first-order valence-electron chi connectivity index (χ1n) is 5.26. The number of ketones is 1. The molecule has 0 aromatic heterocycles. The third-order valence-corrected chi connectivity index (χ3v) is 3.11. The molecule has 104 valence electrons. The lowest BCUT2D eigenvalue weighted by Gasteiger charge is -2.13. The predicted octanol–water partition coefficient (Wildman–Crippen LogP) is 2.25. The lowest BCUT2D eigenvalue weighted by molar-refractivity contribution is -0.147. The van der Waals surface area contributed by atoms with Crippen LogP contribution in [0.2, 0.25) is 0 Å².